The van der Waals surface area contributed by atoms with Crippen LogP contribution in [0.4, 0.5) is 11.4 Å². The average molecular weight is 572 g/mol. The first kappa shape index (κ1) is 27.1. The van der Waals surface area contributed by atoms with Gasteiger partial charge in [0.25, 0.3) is 16.8 Å². The van der Waals surface area contributed by atoms with Crippen molar-refractivity contribution < 1.29 is 18.9 Å². The van der Waals surface area contributed by atoms with E-state index in [4.69, 9.17) is 32.4 Å². The summed E-state index contributed by atoms with van der Waals surface area (Å²) in [5.74, 6) is 0.167. The van der Waals surface area contributed by atoms with E-state index in [1.807, 2.05) is 19.1 Å². The number of nitrogens with one attached hydrogen (secondary N) is 1. The molecule has 0 saturated heterocycles. The van der Waals surface area contributed by atoms with E-state index in [2.05, 4.69) is 20.7 Å². The first-order valence-corrected chi connectivity index (χ1v) is 12.7. The molecule has 194 valence electrons. The lowest BCUT2D eigenvalue weighted by atomic mass is 10.1. The molecule has 0 amide bonds. The van der Waals surface area contributed by atoms with Crippen LogP contribution >= 0.6 is 35.0 Å². The minimum absolute atomic E-state index is 0.0180. The second kappa shape index (κ2) is 12.5. The lowest BCUT2D eigenvalue weighted by Gasteiger charge is -2.06. The third kappa shape index (κ3) is 7.09. The summed E-state index contributed by atoms with van der Waals surface area (Å²) in [7, 11) is 0. The predicted octanol–water partition coefficient (Wildman–Crippen LogP) is 6.83. The molecule has 0 spiro atoms. The highest BCUT2D eigenvalue weighted by Gasteiger charge is 2.20. The number of non-ortho nitro benzene ring substituents is 1. The molecule has 1 aromatic heterocycles. The molecule has 3 aromatic carbocycles. The Kier molecular flexibility index (Phi) is 8.95. The van der Waals surface area contributed by atoms with E-state index in [1.54, 1.807) is 30.3 Å². The van der Waals surface area contributed by atoms with Gasteiger partial charge in [0, 0.05) is 22.7 Å². The van der Waals surface area contributed by atoms with Crippen LogP contribution in [0.15, 0.2) is 81.5 Å². The van der Waals surface area contributed by atoms with Crippen LogP contribution in [0.1, 0.15) is 28.7 Å². The van der Waals surface area contributed by atoms with E-state index in [-0.39, 0.29) is 34.2 Å². The predicted molar refractivity (Wildman–Crippen MR) is 145 cm³/mol. The van der Waals surface area contributed by atoms with E-state index in [0.29, 0.717) is 27.0 Å². The molecule has 4 aromatic rings. The van der Waals surface area contributed by atoms with Crippen molar-refractivity contribution in [2.75, 3.05) is 5.43 Å². The number of ketones is 1. The fourth-order valence-corrected chi connectivity index (χ4v) is 4.21. The van der Waals surface area contributed by atoms with E-state index >= 15 is 0 Å². The lowest BCUT2D eigenvalue weighted by molar-refractivity contribution is -0.384. The first-order chi connectivity index (χ1) is 18.3. The normalized spacial score (nSPS) is 11.3. The van der Waals surface area contributed by atoms with E-state index < -0.39 is 4.92 Å². The number of carbonyl (C=O) groups excluding carboxylic acids is 1. The number of aromatic nitrogens is 2. The molecule has 13 heteroatoms. The highest BCUT2D eigenvalue weighted by atomic mass is 35.5. The quantitative estimate of drug-likeness (QED) is 0.0542. The minimum atomic E-state index is -0.504. The number of hydrazone groups is 1. The number of rotatable bonds is 10. The summed E-state index contributed by atoms with van der Waals surface area (Å²) in [5, 5.41) is 23.9. The highest BCUT2D eigenvalue weighted by molar-refractivity contribution is 8.15. The van der Waals surface area contributed by atoms with Crippen LogP contribution in [0, 0.1) is 10.1 Å². The van der Waals surface area contributed by atoms with E-state index in [0.717, 1.165) is 23.7 Å². The van der Waals surface area contributed by atoms with Gasteiger partial charge in [-0.1, -0.05) is 54.4 Å². The molecule has 0 bridgehead atoms. The minimum Gasteiger partial charge on any atom is -0.482 e. The first-order valence-electron chi connectivity index (χ1n) is 11.1. The fraction of sp³-hybridized carbons (Fsp3) is 0.120. The Morgan fingerprint density at radius 2 is 1.84 bits per heavy atom. The molecular weight excluding hydrogens is 553 g/mol. The number of carbonyl (C=O) groups is 1. The summed E-state index contributed by atoms with van der Waals surface area (Å²) in [6, 6.07) is 17.6. The van der Waals surface area contributed by atoms with Crippen LogP contribution in [0.3, 0.4) is 0 Å². The Labute approximate surface area is 231 Å². The third-order valence-electron chi connectivity index (χ3n) is 5.06. The van der Waals surface area contributed by atoms with Gasteiger partial charge < -0.3 is 9.15 Å². The zero-order valence-electron chi connectivity index (χ0n) is 19.8. The fourth-order valence-electron chi connectivity index (χ4n) is 3.06. The van der Waals surface area contributed by atoms with Gasteiger partial charge in [-0.05, 0) is 54.1 Å². The number of halogens is 2. The van der Waals surface area contributed by atoms with Crippen molar-refractivity contribution >= 4 is 57.2 Å². The zero-order chi connectivity index (χ0) is 27.1. The number of nitro benzene ring substituents is 1. The second-order valence-electron chi connectivity index (χ2n) is 7.64. The van der Waals surface area contributed by atoms with Gasteiger partial charge in [-0.15, -0.1) is 10.2 Å². The molecule has 0 atom stereocenters. The van der Waals surface area contributed by atoms with Gasteiger partial charge in [0.05, 0.1) is 15.6 Å². The number of aryl methyl sites for hydroxylation is 1. The summed E-state index contributed by atoms with van der Waals surface area (Å²) >= 11 is 12.9. The number of nitrogens with zero attached hydrogens (tertiary/aromatic N) is 4. The van der Waals surface area contributed by atoms with Crippen molar-refractivity contribution in [1.29, 1.82) is 0 Å². The highest BCUT2D eigenvalue weighted by Crippen LogP contribution is 2.29. The Balaban J connectivity index is 1.52. The molecule has 0 unspecified atom stereocenters. The van der Waals surface area contributed by atoms with Gasteiger partial charge >= 0.3 is 0 Å². The molecule has 4 rings (SSSR count). The lowest BCUT2D eigenvalue weighted by Crippen LogP contribution is -2.13. The molecule has 38 heavy (non-hydrogen) atoms. The summed E-state index contributed by atoms with van der Waals surface area (Å²) in [6.45, 7) is 1.96. The van der Waals surface area contributed by atoms with Gasteiger partial charge in [-0.3, -0.25) is 20.3 Å². The maximum atomic E-state index is 13.3. The molecule has 0 aliphatic carbocycles. The summed E-state index contributed by atoms with van der Waals surface area (Å²) in [5.41, 5.74) is 4.63. The SMILES string of the molecule is CCc1ccc(C(=O)/C(=N\Nc2ccc([N+](=O)[O-])cc2)Sc2nnc(COc3ccc(Cl)cc3Cl)o2)cc1. The number of nitro groups is 1. The molecule has 0 aliphatic rings. The van der Waals surface area contributed by atoms with Crippen molar-refractivity contribution in [2.24, 2.45) is 5.10 Å². The monoisotopic (exact) mass is 571 g/mol. The molecule has 1 N–H and O–H groups in total. The van der Waals surface area contributed by atoms with Crippen molar-refractivity contribution in [2.45, 2.75) is 25.2 Å². The average Bonchev–Trinajstić information content (AvgIpc) is 3.37. The number of thioether (sulfide) groups is 1. The number of anilines is 1. The molecule has 0 fully saturated rings. The van der Waals surface area contributed by atoms with Crippen LogP contribution in [-0.4, -0.2) is 25.9 Å². The van der Waals surface area contributed by atoms with E-state index in [9.17, 15) is 14.9 Å². The van der Waals surface area contributed by atoms with Crippen LogP contribution in [-0.2, 0) is 13.0 Å². The number of hydrogen-bond acceptors (Lipinski definition) is 10. The van der Waals surface area contributed by atoms with Gasteiger partial charge in [0.15, 0.2) is 11.7 Å². The van der Waals surface area contributed by atoms with Gasteiger partial charge in [-0.25, -0.2) is 0 Å². The van der Waals surface area contributed by atoms with Gasteiger partial charge in [-0.2, -0.15) is 5.10 Å². The van der Waals surface area contributed by atoms with Crippen LogP contribution in [0.5, 0.6) is 5.75 Å². The van der Waals surface area contributed by atoms with Crippen molar-refractivity contribution in [1.82, 2.24) is 10.2 Å². The Morgan fingerprint density at radius 1 is 1.11 bits per heavy atom. The topological polar surface area (TPSA) is 133 Å². The number of benzene rings is 3. The second-order valence-corrected chi connectivity index (χ2v) is 9.42. The van der Waals surface area contributed by atoms with Crippen molar-refractivity contribution in [3.8, 4) is 5.75 Å². The van der Waals surface area contributed by atoms with E-state index in [1.165, 1.54) is 24.3 Å². The molecule has 1 heterocycles. The molecule has 0 saturated carbocycles. The summed E-state index contributed by atoms with van der Waals surface area (Å²) < 4.78 is 11.2. The van der Waals surface area contributed by atoms with Crippen molar-refractivity contribution in [3.05, 3.63) is 104 Å². The Hall–Kier alpha value is -3.93. The Morgan fingerprint density at radius 3 is 2.50 bits per heavy atom. The summed E-state index contributed by atoms with van der Waals surface area (Å²) in [4.78, 5) is 23.7. The largest absolute Gasteiger partial charge is 0.482 e. The van der Waals surface area contributed by atoms with Gasteiger partial charge in [0.1, 0.15) is 5.75 Å². The Bertz CT molecular complexity index is 1480. The summed E-state index contributed by atoms with van der Waals surface area (Å²) in [6.07, 6.45) is 0.833. The molecular formula is C25H19Cl2N5O5S. The maximum Gasteiger partial charge on any atom is 0.283 e. The van der Waals surface area contributed by atoms with Crippen molar-refractivity contribution in [3.63, 3.8) is 0 Å². The van der Waals surface area contributed by atoms with Crippen LogP contribution in [0.2, 0.25) is 10.0 Å². The zero-order valence-corrected chi connectivity index (χ0v) is 22.1. The molecule has 0 aliphatic heterocycles. The van der Waals surface area contributed by atoms with Crippen LogP contribution in [0.25, 0.3) is 0 Å². The van der Waals surface area contributed by atoms with Gasteiger partial charge in [0.2, 0.25) is 5.78 Å². The molecule has 0 radical (unpaired) electrons. The smallest absolute Gasteiger partial charge is 0.283 e. The molecule has 10 nitrogen and oxygen atoms in total. The number of ether oxygens (including phenoxy) is 1. The maximum absolute atomic E-state index is 13.3. The number of hydrogen-bond donors (Lipinski definition) is 1. The number of Topliss-reactive ketones (excluding diaryl/α,β-unsaturated/α-hetero) is 1. The third-order valence-corrected chi connectivity index (χ3v) is 6.40. The van der Waals surface area contributed by atoms with Crippen LogP contribution < -0.4 is 10.2 Å². The standard InChI is InChI=1S/C25H19Cl2N5O5S/c1-2-15-3-5-16(6-4-15)23(33)24(30-28-18-8-10-19(11-9-18)32(34)35)38-25-31-29-22(37-25)14-36-21-12-7-17(26)13-20(21)27/h3-13,28H,2,14H2,1H3/b30-24+.